The lowest BCUT2D eigenvalue weighted by Gasteiger charge is -2.08. The lowest BCUT2D eigenvalue weighted by atomic mass is 10.1. The van der Waals surface area contributed by atoms with Gasteiger partial charge in [0.15, 0.2) is 0 Å². The molecule has 0 aliphatic carbocycles. The highest BCUT2D eigenvalue weighted by molar-refractivity contribution is 4.56. The maximum atomic E-state index is 12.3. The second-order valence-electron chi connectivity index (χ2n) is 2.91. The Labute approximate surface area is 62.3 Å². The fourth-order valence-corrected chi connectivity index (χ4v) is 0.868. The molecule has 0 bridgehead atoms. The van der Waals surface area contributed by atoms with Crippen LogP contribution >= 0.6 is 0 Å². The van der Waals surface area contributed by atoms with Gasteiger partial charge in [-0.15, -0.1) is 0 Å². The van der Waals surface area contributed by atoms with Crippen molar-refractivity contribution >= 4 is 0 Å². The maximum Gasteiger partial charge on any atom is 0.238 e. The first-order valence-electron chi connectivity index (χ1n) is 3.95. The van der Waals surface area contributed by atoms with E-state index in [1.54, 1.807) is 0 Å². The van der Waals surface area contributed by atoms with Gasteiger partial charge in [0, 0.05) is 6.42 Å². The summed E-state index contributed by atoms with van der Waals surface area (Å²) >= 11 is 0. The molecule has 2 heteroatoms. The molecule has 0 aromatic carbocycles. The van der Waals surface area contributed by atoms with Gasteiger partial charge < -0.3 is 0 Å². The lowest BCUT2D eigenvalue weighted by molar-refractivity contribution is -0.132. The van der Waals surface area contributed by atoms with Gasteiger partial charge in [-0.3, -0.25) is 0 Å². The van der Waals surface area contributed by atoms with Crippen LogP contribution in [0, 0.1) is 0 Å². The van der Waals surface area contributed by atoms with Crippen LogP contribution in [0.2, 0.25) is 0 Å². The Bertz CT molecular complexity index is 75.8. The van der Waals surface area contributed by atoms with Crippen molar-refractivity contribution in [2.24, 2.45) is 0 Å². The minimum absolute atomic E-state index is 0.160. The van der Waals surface area contributed by atoms with E-state index in [4.69, 9.17) is 0 Å². The quantitative estimate of drug-likeness (QED) is 0.532. The zero-order valence-electron chi connectivity index (χ0n) is 6.82. The first-order chi connectivity index (χ1) is 4.56. The number of alkyl halides is 1. The summed E-state index contributed by atoms with van der Waals surface area (Å²) in [6, 6.07) is 0. The maximum absolute atomic E-state index is 12.3. The number of hydrogen-bond acceptors (Lipinski definition) is 0. The van der Waals surface area contributed by atoms with Crippen molar-refractivity contribution in [1.29, 1.82) is 0 Å². The molecule has 10 heavy (non-hydrogen) atoms. The van der Waals surface area contributed by atoms with E-state index in [0.717, 1.165) is 32.6 Å². The Hall–Kier alpha value is -0.110. The zero-order valence-corrected chi connectivity index (χ0v) is 6.82. The van der Waals surface area contributed by atoms with Crippen molar-refractivity contribution in [3.63, 3.8) is 0 Å². The Kier molecular flexibility index (Phi) is 4.62. The summed E-state index contributed by atoms with van der Waals surface area (Å²) in [6.07, 6.45) is 4.10. The smallest absolute Gasteiger partial charge is 0.210 e. The first kappa shape index (κ1) is 9.89. The van der Waals surface area contributed by atoms with Gasteiger partial charge in [-0.05, 0) is 13.3 Å². The predicted octanol–water partition coefficient (Wildman–Crippen LogP) is 3.07. The van der Waals surface area contributed by atoms with Gasteiger partial charge in [-0.25, -0.2) is 4.39 Å². The molecule has 0 spiro atoms. The minimum atomic E-state index is -2.20. The molecule has 0 aromatic heterocycles. The molecular formula is C8H16FO. The van der Waals surface area contributed by atoms with Gasteiger partial charge in [0.2, 0.25) is 5.85 Å². The van der Waals surface area contributed by atoms with Gasteiger partial charge in [-0.2, -0.15) is 5.11 Å². The third kappa shape index (κ3) is 7.89. The number of rotatable bonds is 5. The Balaban J connectivity index is 3.04. The van der Waals surface area contributed by atoms with E-state index >= 15 is 0 Å². The van der Waals surface area contributed by atoms with E-state index in [1.165, 1.54) is 0 Å². The molecule has 0 amide bonds. The van der Waals surface area contributed by atoms with Crippen LogP contribution in [0.25, 0.3) is 0 Å². The Morgan fingerprint density at radius 1 is 1.30 bits per heavy atom. The average Bonchev–Trinajstić information content (AvgIpc) is 1.78. The third-order valence-corrected chi connectivity index (χ3v) is 1.48. The van der Waals surface area contributed by atoms with Gasteiger partial charge >= 0.3 is 0 Å². The molecule has 0 N–H and O–H groups in total. The number of unbranched alkanes of at least 4 members (excludes halogenated alkanes) is 3. The number of hydrogen-bond donors (Lipinski definition) is 0. The van der Waals surface area contributed by atoms with E-state index in [0.29, 0.717) is 0 Å². The molecule has 1 nitrogen and oxygen atoms in total. The zero-order chi connectivity index (χ0) is 8.04. The van der Waals surface area contributed by atoms with Crippen molar-refractivity contribution in [3.8, 4) is 0 Å². The predicted molar refractivity (Wildman–Crippen MR) is 39.0 cm³/mol. The van der Waals surface area contributed by atoms with E-state index in [1.807, 2.05) is 0 Å². The molecule has 0 aromatic rings. The molecule has 61 valence electrons. The van der Waals surface area contributed by atoms with Crippen LogP contribution in [0.15, 0.2) is 0 Å². The summed E-state index contributed by atoms with van der Waals surface area (Å²) < 4.78 is 12.3. The van der Waals surface area contributed by atoms with Crippen molar-refractivity contribution in [2.45, 2.75) is 51.8 Å². The van der Waals surface area contributed by atoms with Crippen LogP contribution in [0.3, 0.4) is 0 Å². The highest BCUT2D eigenvalue weighted by atomic mass is 19.2. The topological polar surface area (TPSA) is 19.9 Å². The van der Waals surface area contributed by atoms with Gasteiger partial charge in [-0.1, -0.05) is 26.2 Å². The number of halogens is 1. The molecule has 0 heterocycles. The second kappa shape index (κ2) is 4.67. The van der Waals surface area contributed by atoms with Crippen molar-refractivity contribution in [3.05, 3.63) is 0 Å². The van der Waals surface area contributed by atoms with Crippen molar-refractivity contribution in [2.75, 3.05) is 0 Å². The molecule has 0 rings (SSSR count). The monoisotopic (exact) mass is 147 g/mol. The summed E-state index contributed by atoms with van der Waals surface area (Å²) in [7, 11) is 0. The lowest BCUT2D eigenvalue weighted by Crippen LogP contribution is -2.13. The minimum Gasteiger partial charge on any atom is -0.210 e. The van der Waals surface area contributed by atoms with E-state index in [9.17, 15) is 9.50 Å². The molecular weight excluding hydrogens is 131 g/mol. The Morgan fingerprint density at radius 2 is 1.90 bits per heavy atom. The average molecular weight is 147 g/mol. The Morgan fingerprint density at radius 3 is 2.30 bits per heavy atom. The fourth-order valence-electron chi connectivity index (χ4n) is 0.868. The largest absolute Gasteiger partial charge is 0.238 e. The van der Waals surface area contributed by atoms with Crippen LogP contribution in [-0.2, 0) is 5.11 Å². The molecule has 0 saturated carbocycles. The molecule has 0 saturated heterocycles. The molecule has 0 fully saturated rings. The van der Waals surface area contributed by atoms with Gasteiger partial charge in [0.05, 0.1) is 0 Å². The first-order valence-corrected chi connectivity index (χ1v) is 3.95. The van der Waals surface area contributed by atoms with Crippen LogP contribution in [0.1, 0.15) is 46.0 Å². The van der Waals surface area contributed by atoms with E-state index < -0.39 is 5.85 Å². The van der Waals surface area contributed by atoms with Crippen molar-refractivity contribution in [1.82, 2.24) is 0 Å². The summed E-state index contributed by atoms with van der Waals surface area (Å²) in [4.78, 5) is 0. The highest BCUT2D eigenvalue weighted by Gasteiger charge is 2.18. The van der Waals surface area contributed by atoms with E-state index in [2.05, 4.69) is 6.92 Å². The summed E-state index contributed by atoms with van der Waals surface area (Å²) in [5.74, 6) is -2.20. The van der Waals surface area contributed by atoms with E-state index in [-0.39, 0.29) is 6.42 Å². The summed E-state index contributed by atoms with van der Waals surface area (Å²) in [5.41, 5.74) is 0. The van der Waals surface area contributed by atoms with Crippen LogP contribution in [-0.4, -0.2) is 5.85 Å². The molecule has 1 atom stereocenters. The third-order valence-electron chi connectivity index (χ3n) is 1.48. The summed E-state index contributed by atoms with van der Waals surface area (Å²) in [5, 5.41) is 10.4. The van der Waals surface area contributed by atoms with Crippen LogP contribution in [0.5, 0.6) is 0 Å². The standard InChI is InChI=1S/C8H16FO/c1-3-4-5-6-7-8(2,9)10/h3-7H2,1-2H3. The van der Waals surface area contributed by atoms with Crippen LogP contribution < -0.4 is 0 Å². The van der Waals surface area contributed by atoms with Gasteiger partial charge in [0.25, 0.3) is 0 Å². The SMILES string of the molecule is CCCCCCC(C)([O])F. The second-order valence-corrected chi connectivity index (χ2v) is 2.91. The molecule has 1 radical (unpaired) electrons. The fraction of sp³-hybridized carbons (Fsp3) is 1.00. The van der Waals surface area contributed by atoms with Gasteiger partial charge in [0.1, 0.15) is 0 Å². The normalized spacial score (nSPS) is 16.8. The summed E-state index contributed by atoms with van der Waals surface area (Å²) in [6.45, 7) is 3.19. The van der Waals surface area contributed by atoms with Crippen molar-refractivity contribution < 1.29 is 9.50 Å². The molecule has 1 unspecified atom stereocenters. The molecule has 0 aliphatic rings. The van der Waals surface area contributed by atoms with Crippen LogP contribution in [0.4, 0.5) is 4.39 Å². The highest BCUT2D eigenvalue weighted by Crippen LogP contribution is 2.16. The molecule has 0 aliphatic heterocycles.